The Morgan fingerprint density at radius 3 is 3.00 bits per heavy atom. The van der Waals surface area contributed by atoms with E-state index in [1.807, 2.05) is 6.33 Å². The van der Waals surface area contributed by atoms with Crippen LogP contribution in [0.4, 0.5) is 0 Å². The van der Waals surface area contributed by atoms with Crippen molar-refractivity contribution in [3.8, 4) is 0 Å². The summed E-state index contributed by atoms with van der Waals surface area (Å²) in [6.07, 6.45) is 8.75. The molecule has 4 rings (SSSR count). The summed E-state index contributed by atoms with van der Waals surface area (Å²) in [6, 6.07) is 0.437. The van der Waals surface area contributed by atoms with Crippen LogP contribution in [0.15, 0.2) is 12.5 Å². The van der Waals surface area contributed by atoms with Crippen LogP contribution in [-0.4, -0.2) is 31.2 Å². The average molecular weight is 285 g/mol. The first kappa shape index (κ1) is 13.1. The number of aryl methyl sites for hydroxylation is 1. The maximum Gasteiger partial charge on any atom is 0.0925 e. The molecule has 1 aliphatic carbocycles. The van der Waals surface area contributed by atoms with Crippen molar-refractivity contribution < 1.29 is 0 Å². The quantitative estimate of drug-likeness (QED) is 0.939. The van der Waals surface area contributed by atoms with E-state index in [0.29, 0.717) is 6.04 Å². The number of rotatable bonds is 4. The topological polar surface area (TPSA) is 49.7 Å². The van der Waals surface area contributed by atoms with Crippen LogP contribution in [0, 0.1) is 0 Å². The molecule has 0 amide bonds. The van der Waals surface area contributed by atoms with E-state index in [0.717, 1.165) is 31.8 Å². The summed E-state index contributed by atoms with van der Waals surface area (Å²) in [5.41, 5.74) is 5.45. The SMILES string of the molecule is CCC1c2nc[nH]c2CCN1Cc1cnn(C)c1C1CC1. The van der Waals surface area contributed by atoms with Crippen molar-refractivity contribution in [2.45, 2.75) is 51.1 Å². The number of nitrogens with one attached hydrogen (secondary N) is 1. The Hall–Kier alpha value is -1.62. The normalized spacial score (nSPS) is 22.5. The van der Waals surface area contributed by atoms with Gasteiger partial charge in [-0.05, 0) is 19.3 Å². The molecule has 3 heterocycles. The molecule has 0 aromatic carbocycles. The third-order valence-electron chi connectivity index (χ3n) is 4.95. The van der Waals surface area contributed by atoms with E-state index < -0.39 is 0 Å². The minimum Gasteiger partial charge on any atom is -0.348 e. The van der Waals surface area contributed by atoms with Gasteiger partial charge in [0, 0.05) is 49.4 Å². The van der Waals surface area contributed by atoms with Crippen LogP contribution < -0.4 is 0 Å². The lowest BCUT2D eigenvalue weighted by Crippen LogP contribution is -2.35. The molecule has 1 fully saturated rings. The summed E-state index contributed by atoms with van der Waals surface area (Å²) in [5.74, 6) is 0.748. The summed E-state index contributed by atoms with van der Waals surface area (Å²) in [5, 5.41) is 4.50. The largest absolute Gasteiger partial charge is 0.348 e. The van der Waals surface area contributed by atoms with Gasteiger partial charge in [-0.25, -0.2) is 4.98 Å². The number of hydrogen-bond donors (Lipinski definition) is 1. The van der Waals surface area contributed by atoms with E-state index in [1.165, 1.54) is 35.5 Å². The van der Waals surface area contributed by atoms with Gasteiger partial charge in [-0.1, -0.05) is 6.92 Å². The highest BCUT2D eigenvalue weighted by atomic mass is 15.3. The van der Waals surface area contributed by atoms with Gasteiger partial charge in [0.25, 0.3) is 0 Å². The molecule has 0 saturated heterocycles. The summed E-state index contributed by atoms with van der Waals surface area (Å²) in [6.45, 7) is 4.36. The average Bonchev–Trinajstić information content (AvgIpc) is 3.08. The second-order valence-electron chi connectivity index (χ2n) is 6.36. The minimum absolute atomic E-state index is 0.437. The van der Waals surface area contributed by atoms with Crippen LogP contribution in [0.2, 0.25) is 0 Å². The molecule has 112 valence electrons. The van der Waals surface area contributed by atoms with Crippen LogP contribution in [0.3, 0.4) is 0 Å². The number of aromatic amines is 1. The highest BCUT2D eigenvalue weighted by Crippen LogP contribution is 2.42. The van der Waals surface area contributed by atoms with E-state index in [9.17, 15) is 0 Å². The van der Waals surface area contributed by atoms with Gasteiger partial charge in [-0.3, -0.25) is 9.58 Å². The Labute approximate surface area is 125 Å². The first-order valence-electron chi connectivity index (χ1n) is 8.05. The zero-order chi connectivity index (χ0) is 14.4. The predicted octanol–water partition coefficient (Wildman–Crippen LogP) is 2.53. The van der Waals surface area contributed by atoms with Crippen LogP contribution in [0.5, 0.6) is 0 Å². The summed E-state index contributed by atoms with van der Waals surface area (Å²) in [7, 11) is 2.08. The molecule has 5 heteroatoms. The maximum atomic E-state index is 4.56. The molecule has 0 radical (unpaired) electrons. The van der Waals surface area contributed by atoms with Crippen molar-refractivity contribution in [3.63, 3.8) is 0 Å². The summed E-state index contributed by atoms with van der Waals surface area (Å²) < 4.78 is 2.08. The summed E-state index contributed by atoms with van der Waals surface area (Å²) in [4.78, 5) is 10.4. The Balaban J connectivity index is 1.60. The standard InChI is InChI=1S/C16H23N5/c1-3-14-15-13(17-10-18-15)6-7-21(14)9-12-8-19-20(2)16(12)11-4-5-11/h8,10-11,14H,3-7,9H2,1-2H3,(H,17,18). The third-order valence-corrected chi connectivity index (χ3v) is 4.95. The Morgan fingerprint density at radius 2 is 2.24 bits per heavy atom. The minimum atomic E-state index is 0.437. The van der Waals surface area contributed by atoms with Crippen LogP contribution in [0.25, 0.3) is 0 Å². The van der Waals surface area contributed by atoms with Gasteiger partial charge < -0.3 is 4.98 Å². The van der Waals surface area contributed by atoms with Crippen LogP contribution in [0.1, 0.15) is 60.8 Å². The lowest BCUT2D eigenvalue weighted by molar-refractivity contribution is 0.166. The number of imidazole rings is 1. The van der Waals surface area contributed by atoms with E-state index in [4.69, 9.17) is 0 Å². The Kier molecular flexibility index (Phi) is 3.10. The highest BCUT2D eigenvalue weighted by molar-refractivity contribution is 5.27. The van der Waals surface area contributed by atoms with Crippen molar-refractivity contribution in [3.05, 3.63) is 35.2 Å². The zero-order valence-electron chi connectivity index (χ0n) is 12.8. The fourth-order valence-corrected chi connectivity index (χ4v) is 3.76. The fourth-order valence-electron chi connectivity index (χ4n) is 3.76. The van der Waals surface area contributed by atoms with Crippen molar-refractivity contribution in [2.24, 2.45) is 7.05 Å². The smallest absolute Gasteiger partial charge is 0.0925 e. The van der Waals surface area contributed by atoms with Gasteiger partial charge in [-0.2, -0.15) is 5.10 Å². The molecule has 1 N–H and O–H groups in total. The molecule has 2 aliphatic rings. The van der Waals surface area contributed by atoms with E-state index in [1.54, 1.807) is 0 Å². The van der Waals surface area contributed by atoms with Crippen molar-refractivity contribution >= 4 is 0 Å². The molecule has 0 spiro atoms. The van der Waals surface area contributed by atoms with Gasteiger partial charge >= 0.3 is 0 Å². The number of aromatic nitrogens is 4. The maximum absolute atomic E-state index is 4.56. The van der Waals surface area contributed by atoms with Gasteiger partial charge in [0.2, 0.25) is 0 Å². The Morgan fingerprint density at radius 1 is 1.38 bits per heavy atom. The van der Waals surface area contributed by atoms with Gasteiger partial charge in [0.05, 0.1) is 24.3 Å². The molecule has 1 atom stereocenters. The van der Waals surface area contributed by atoms with Crippen molar-refractivity contribution in [1.29, 1.82) is 0 Å². The lowest BCUT2D eigenvalue weighted by Gasteiger charge is -2.34. The first-order valence-corrected chi connectivity index (χ1v) is 8.05. The first-order chi connectivity index (χ1) is 10.3. The third kappa shape index (κ3) is 2.20. The molecule has 1 aliphatic heterocycles. The van der Waals surface area contributed by atoms with E-state index in [-0.39, 0.29) is 0 Å². The number of nitrogens with zero attached hydrogens (tertiary/aromatic N) is 4. The summed E-state index contributed by atoms with van der Waals surface area (Å²) >= 11 is 0. The van der Waals surface area contributed by atoms with E-state index in [2.05, 4.69) is 44.8 Å². The Bertz CT molecular complexity index is 637. The van der Waals surface area contributed by atoms with Crippen LogP contribution in [-0.2, 0) is 20.0 Å². The molecule has 0 bridgehead atoms. The zero-order valence-corrected chi connectivity index (χ0v) is 12.8. The van der Waals surface area contributed by atoms with Crippen molar-refractivity contribution in [2.75, 3.05) is 6.54 Å². The van der Waals surface area contributed by atoms with Gasteiger partial charge in [0.15, 0.2) is 0 Å². The molecule has 1 saturated carbocycles. The molecule has 2 aromatic heterocycles. The second kappa shape index (κ2) is 4.98. The molecule has 5 nitrogen and oxygen atoms in total. The lowest BCUT2D eigenvalue weighted by atomic mass is 9.99. The number of H-pyrrole nitrogens is 1. The monoisotopic (exact) mass is 285 g/mol. The highest BCUT2D eigenvalue weighted by Gasteiger charge is 2.32. The van der Waals surface area contributed by atoms with Crippen molar-refractivity contribution in [1.82, 2.24) is 24.6 Å². The molecular weight excluding hydrogens is 262 g/mol. The molecular formula is C16H23N5. The fraction of sp³-hybridized carbons (Fsp3) is 0.625. The predicted molar refractivity (Wildman–Crippen MR) is 80.9 cm³/mol. The van der Waals surface area contributed by atoms with E-state index >= 15 is 0 Å². The molecule has 2 aromatic rings. The van der Waals surface area contributed by atoms with Gasteiger partial charge in [0.1, 0.15) is 0 Å². The van der Waals surface area contributed by atoms with Crippen LogP contribution >= 0.6 is 0 Å². The van der Waals surface area contributed by atoms with Gasteiger partial charge in [-0.15, -0.1) is 0 Å². The number of hydrogen-bond acceptors (Lipinski definition) is 3. The number of fused-ring (bicyclic) bond motifs is 1. The molecule has 21 heavy (non-hydrogen) atoms. The molecule has 1 unspecified atom stereocenters. The second-order valence-corrected chi connectivity index (χ2v) is 6.36.